The fourth-order valence-corrected chi connectivity index (χ4v) is 3.79. The Kier molecular flexibility index (Phi) is 6.80. The lowest BCUT2D eigenvalue weighted by atomic mass is 10.1. The average molecular weight is 437 g/mol. The van der Waals surface area contributed by atoms with Crippen molar-refractivity contribution in [3.05, 3.63) is 53.5 Å². The number of hydrogen-bond acceptors (Lipinski definition) is 7. The summed E-state index contributed by atoms with van der Waals surface area (Å²) >= 11 is 0. The molecule has 0 radical (unpaired) electrons. The van der Waals surface area contributed by atoms with E-state index in [0.717, 1.165) is 16.5 Å². The molecule has 168 valence electrons. The number of morpholine rings is 1. The van der Waals surface area contributed by atoms with E-state index >= 15 is 0 Å². The summed E-state index contributed by atoms with van der Waals surface area (Å²) in [6.45, 7) is 7.94. The van der Waals surface area contributed by atoms with Gasteiger partial charge in [0.25, 0.3) is 0 Å². The number of aryl methyl sites for hydroxylation is 1. The van der Waals surface area contributed by atoms with Crippen molar-refractivity contribution in [2.24, 2.45) is 0 Å². The number of fused-ring (bicyclic) bond motifs is 1. The highest BCUT2D eigenvalue weighted by molar-refractivity contribution is 5.82. The molecule has 1 atom stereocenters. The molecule has 3 aromatic rings. The van der Waals surface area contributed by atoms with Crippen molar-refractivity contribution in [2.75, 3.05) is 32.9 Å². The fourth-order valence-electron chi connectivity index (χ4n) is 3.79. The number of benzene rings is 1. The number of hydrogen-bond donors (Lipinski definition) is 0. The highest BCUT2D eigenvalue weighted by atomic mass is 16.5. The molecule has 0 N–H and O–H groups in total. The number of carbonyl (C=O) groups excluding carboxylic acids is 1. The van der Waals surface area contributed by atoms with Crippen molar-refractivity contribution in [2.45, 2.75) is 33.3 Å². The highest BCUT2D eigenvalue weighted by Gasteiger charge is 2.28. The predicted molar refractivity (Wildman–Crippen MR) is 120 cm³/mol. The Morgan fingerprint density at radius 3 is 2.72 bits per heavy atom. The van der Waals surface area contributed by atoms with Gasteiger partial charge in [-0.2, -0.15) is 4.98 Å². The van der Waals surface area contributed by atoms with Gasteiger partial charge in [0.1, 0.15) is 6.10 Å². The Balaban J connectivity index is 1.51. The van der Waals surface area contributed by atoms with Gasteiger partial charge in [-0.25, -0.2) is 4.98 Å². The van der Waals surface area contributed by atoms with Crippen LogP contribution in [0.5, 0.6) is 11.9 Å². The first kappa shape index (κ1) is 22.0. The zero-order chi connectivity index (χ0) is 22.5. The molecule has 8 heteroatoms. The minimum atomic E-state index is -0.263. The summed E-state index contributed by atoms with van der Waals surface area (Å²) in [5.41, 5.74) is 2.20. The van der Waals surface area contributed by atoms with E-state index in [1.54, 1.807) is 0 Å². The van der Waals surface area contributed by atoms with E-state index in [-0.39, 0.29) is 24.4 Å². The van der Waals surface area contributed by atoms with E-state index in [9.17, 15) is 4.79 Å². The minimum Gasteiger partial charge on any atom is -0.478 e. The van der Waals surface area contributed by atoms with Gasteiger partial charge in [0.15, 0.2) is 0 Å². The summed E-state index contributed by atoms with van der Waals surface area (Å²) in [5.74, 6) is 0.383. The van der Waals surface area contributed by atoms with Gasteiger partial charge in [-0.15, -0.1) is 0 Å². The first-order chi connectivity index (χ1) is 15.6. The molecule has 1 aliphatic rings. The van der Waals surface area contributed by atoms with Crippen molar-refractivity contribution in [1.29, 1.82) is 0 Å². The number of aromatic nitrogens is 3. The first-order valence-corrected chi connectivity index (χ1v) is 11.0. The smallest absolute Gasteiger partial charge is 0.319 e. The Labute approximate surface area is 187 Å². The van der Waals surface area contributed by atoms with Gasteiger partial charge in [-0.1, -0.05) is 24.3 Å². The number of amides is 1. The molecule has 1 amide bonds. The molecule has 1 aromatic carbocycles. The summed E-state index contributed by atoms with van der Waals surface area (Å²) in [7, 11) is 0. The lowest BCUT2D eigenvalue weighted by Crippen LogP contribution is -2.43. The average Bonchev–Trinajstić information content (AvgIpc) is 2.81. The van der Waals surface area contributed by atoms with Crippen molar-refractivity contribution in [3.63, 3.8) is 0 Å². The van der Waals surface area contributed by atoms with Gasteiger partial charge in [-0.3, -0.25) is 9.78 Å². The molecular formula is C24H28N4O4. The molecule has 0 bridgehead atoms. The molecule has 3 heterocycles. The summed E-state index contributed by atoms with van der Waals surface area (Å²) in [4.78, 5) is 28.3. The lowest BCUT2D eigenvalue weighted by molar-refractivity contribution is -0.138. The number of nitrogens with zero attached hydrogens (tertiary/aromatic N) is 4. The van der Waals surface area contributed by atoms with Crippen LogP contribution in [0.1, 0.15) is 36.9 Å². The minimum absolute atomic E-state index is 0.0177. The second-order valence-corrected chi connectivity index (χ2v) is 7.57. The van der Waals surface area contributed by atoms with Crippen molar-refractivity contribution < 1.29 is 19.0 Å². The van der Waals surface area contributed by atoms with Crippen LogP contribution in [0.2, 0.25) is 0 Å². The molecule has 0 aliphatic carbocycles. The third-order valence-corrected chi connectivity index (χ3v) is 5.44. The molecule has 2 aromatic heterocycles. The quantitative estimate of drug-likeness (QED) is 0.562. The van der Waals surface area contributed by atoms with Crippen molar-refractivity contribution in [3.8, 4) is 11.9 Å². The van der Waals surface area contributed by atoms with Gasteiger partial charge >= 0.3 is 6.01 Å². The number of rotatable bonds is 7. The first-order valence-electron chi connectivity index (χ1n) is 11.0. The third-order valence-electron chi connectivity index (χ3n) is 5.44. The van der Waals surface area contributed by atoms with Crippen LogP contribution in [0.4, 0.5) is 0 Å². The monoisotopic (exact) mass is 436 g/mol. The number of pyridine rings is 1. The van der Waals surface area contributed by atoms with Crippen molar-refractivity contribution >= 4 is 16.7 Å². The molecule has 1 saturated heterocycles. The van der Waals surface area contributed by atoms with E-state index in [0.29, 0.717) is 50.0 Å². The van der Waals surface area contributed by atoms with Crippen LogP contribution < -0.4 is 9.47 Å². The zero-order valence-corrected chi connectivity index (χ0v) is 18.7. The molecule has 1 fully saturated rings. The van der Waals surface area contributed by atoms with Crippen LogP contribution in [-0.2, 0) is 16.0 Å². The zero-order valence-electron chi connectivity index (χ0n) is 18.7. The molecule has 1 aliphatic heterocycles. The fraction of sp³-hybridized carbons (Fsp3) is 0.417. The Morgan fingerprint density at radius 1 is 1.16 bits per heavy atom. The van der Waals surface area contributed by atoms with Crippen LogP contribution in [0.3, 0.4) is 0 Å². The third kappa shape index (κ3) is 4.80. The van der Waals surface area contributed by atoms with E-state index < -0.39 is 0 Å². The second kappa shape index (κ2) is 9.91. The molecule has 0 spiro atoms. The summed E-state index contributed by atoms with van der Waals surface area (Å²) in [6, 6.07) is 10.4. The van der Waals surface area contributed by atoms with E-state index in [1.165, 1.54) is 0 Å². The topological polar surface area (TPSA) is 86.7 Å². The van der Waals surface area contributed by atoms with Crippen molar-refractivity contribution in [1.82, 2.24) is 19.9 Å². The number of ether oxygens (including phenoxy) is 3. The van der Waals surface area contributed by atoms with Crippen LogP contribution in [0.25, 0.3) is 10.8 Å². The maximum Gasteiger partial charge on any atom is 0.319 e. The summed E-state index contributed by atoms with van der Waals surface area (Å²) in [5, 5.41) is 2.18. The molecule has 8 nitrogen and oxygen atoms in total. The molecule has 1 unspecified atom stereocenters. The van der Waals surface area contributed by atoms with E-state index in [1.807, 2.05) is 56.1 Å². The van der Waals surface area contributed by atoms with Crippen LogP contribution in [0.15, 0.2) is 36.5 Å². The van der Waals surface area contributed by atoms with E-state index in [2.05, 4.69) is 21.0 Å². The maximum absolute atomic E-state index is 13.2. The summed E-state index contributed by atoms with van der Waals surface area (Å²) in [6.07, 6.45) is 1.75. The molecule has 32 heavy (non-hydrogen) atoms. The normalized spacial score (nSPS) is 16.2. The SMILES string of the molecule is CCOc1nc(C)c(CC(=O)N2CCOC(c3cc4ccccc4cn3)C2)c(OCC)n1. The number of carbonyl (C=O) groups is 1. The van der Waals surface area contributed by atoms with Gasteiger partial charge in [0, 0.05) is 23.7 Å². The predicted octanol–water partition coefficient (Wildman–Crippen LogP) is 3.27. The molecule has 0 saturated carbocycles. The van der Waals surface area contributed by atoms with Crippen LogP contribution >= 0.6 is 0 Å². The molecule has 4 rings (SSSR count). The Bertz CT molecular complexity index is 1100. The Hall–Kier alpha value is -3.26. The Morgan fingerprint density at radius 2 is 1.94 bits per heavy atom. The van der Waals surface area contributed by atoms with E-state index in [4.69, 9.17) is 14.2 Å². The van der Waals surface area contributed by atoms with Gasteiger partial charge in [0.05, 0.1) is 44.2 Å². The van der Waals surface area contributed by atoms with Gasteiger partial charge in [-0.05, 0) is 32.2 Å². The lowest BCUT2D eigenvalue weighted by Gasteiger charge is -2.33. The van der Waals surface area contributed by atoms with Gasteiger partial charge in [0.2, 0.25) is 11.8 Å². The highest BCUT2D eigenvalue weighted by Crippen LogP contribution is 2.26. The van der Waals surface area contributed by atoms with Gasteiger partial charge < -0.3 is 19.1 Å². The van der Waals surface area contributed by atoms with Crippen LogP contribution in [-0.4, -0.2) is 58.7 Å². The second-order valence-electron chi connectivity index (χ2n) is 7.57. The standard InChI is InChI=1S/C24H28N4O4/c1-4-30-23-19(16(3)26-24(27-23)31-5-2)13-22(29)28-10-11-32-21(15-28)20-12-17-8-6-7-9-18(17)14-25-20/h6-9,12,14,21H,4-5,10-11,13,15H2,1-3H3. The maximum atomic E-state index is 13.2. The van der Waals surface area contributed by atoms with Crippen LogP contribution in [0, 0.1) is 6.92 Å². The largest absolute Gasteiger partial charge is 0.478 e. The summed E-state index contributed by atoms with van der Waals surface area (Å²) < 4.78 is 17.1. The molecular weight excluding hydrogens is 408 g/mol.